The van der Waals surface area contributed by atoms with Crippen LogP contribution in [0.15, 0.2) is 0 Å². The molecule has 1 rings (SSSR count). The lowest BCUT2D eigenvalue weighted by Gasteiger charge is -1.95. The van der Waals surface area contributed by atoms with Crippen LogP contribution in [0.5, 0.6) is 0 Å². The maximum atomic E-state index is 8.67. The number of hydrogen-bond acceptors (Lipinski definition) is 4. The molecule has 0 aliphatic heterocycles. The molecular formula is C7H8ClN3S. The third-order valence-corrected chi connectivity index (χ3v) is 2.58. The van der Waals surface area contributed by atoms with Gasteiger partial charge in [0.2, 0.25) is 0 Å². The first-order valence-electron chi connectivity index (χ1n) is 3.59. The summed E-state index contributed by atoms with van der Waals surface area (Å²) in [6.07, 6.45) is 0.803. The molecule has 5 heteroatoms. The van der Waals surface area contributed by atoms with E-state index in [1.807, 2.05) is 6.92 Å². The number of rotatable bonds is 3. The lowest BCUT2D eigenvalue weighted by atomic mass is 10.2. The molecule has 0 aliphatic carbocycles. The Morgan fingerprint density at radius 1 is 1.75 bits per heavy atom. The Balaban J connectivity index is 2.81. The summed E-state index contributed by atoms with van der Waals surface area (Å²) < 4.78 is 4.07. The van der Waals surface area contributed by atoms with Crippen molar-refractivity contribution in [2.75, 3.05) is 5.88 Å². The lowest BCUT2D eigenvalue weighted by molar-refractivity contribution is 0.918. The quantitative estimate of drug-likeness (QED) is 0.703. The number of aromatic nitrogens is 2. The minimum absolute atomic E-state index is 0.287. The van der Waals surface area contributed by atoms with Gasteiger partial charge in [-0.15, -0.1) is 11.6 Å². The standard InChI is InChI=1S/C7H8ClN3S/c1-2-6-10-7(12-11-6)5(3-8)4-9/h5H,2-3H2,1H3. The van der Waals surface area contributed by atoms with Crippen LogP contribution in [0.2, 0.25) is 0 Å². The fourth-order valence-corrected chi connectivity index (χ4v) is 1.79. The molecular weight excluding hydrogens is 194 g/mol. The van der Waals surface area contributed by atoms with Crippen molar-refractivity contribution in [1.82, 2.24) is 9.36 Å². The Hall–Kier alpha value is -0.660. The highest BCUT2D eigenvalue weighted by atomic mass is 35.5. The number of nitrogens with zero attached hydrogens (tertiary/aromatic N) is 3. The monoisotopic (exact) mass is 201 g/mol. The van der Waals surface area contributed by atoms with Crippen LogP contribution in [-0.4, -0.2) is 15.2 Å². The van der Waals surface area contributed by atoms with Gasteiger partial charge >= 0.3 is 0 Å². The summed E-state index contributed by atoms with van der Waals surface area (Å²) in [5.74, 6) is 0.777. The van der Waals surface area contributed by atoms with Gasteiger partial charge < -0.3 is 0 Å². The Morgan fingerprint density at radius 2 is 2.50 bits per heavy atom. The number of aryl methyl sites for hydroxylation is 1. The highest BCUT2D eigenvalue weighted by Crippen LogP contribution is 2.18. The predicted octanol–water partition coefficient (Wildman–Crippen LogP) is 1.95. The summed E-state index contributed by atoms with van der Waals surface area (Å²) in [5, 5.41) is 9.39. The molecule has 3 nitrogen and oxygen atoms in total. The zero-order chi connectivity index (χ0) is 8.97. The second-order valence-electron chi connectivity index (χ2n) is 2.24. The van der Waals surface area contributed by atoms with Gasteiger partial charge in [-0.05, 0) is 11.5 Å². The van der Waals surface area contributed by atoms with Crippen molar-refractivity contribution in [3.63, 3.8) is 0 Å². The van der Waals surface area contributed by atoms with Crippen molar-refractivity contribution in [3.05, 3.63) is 10.8 Å². The Labute approximate surface area is 80.2 Å². The third-order valence-electron chi connectivity index (χ3n) is 1.41. The van der Waals surface area contributed by atoms with E-state index in [1.165, 1.54) is 11.5 Å². The third kappa shape index (κ3) is 1.93. The molecule has 12 heavy (non-hydrogen) atoms. The summed E-state index contributed by atoms with van der Waals surface area (Å²) >= 11 is 6.83. The molecule has 1 unspecified atom stereocenters. The minimum atomic E-state index is -0.301. The molecule has 0 bridgehead atoms. The van der Waals surface area contributed by atoms with Crippen LogP contribution < -0.4 is 0 Å². The van der Waals surface area contributed by atoms with Crippen LogP contribution in [0.4, 0.5) is 0 Å². The zero-order valence-electron chi connectivity index (χ0n) is 6.62. The summed E-state index contributed by atoms with van der Waals surface area (Å²) in [5.41, 5.74) is 0. The number of nitriles is 1. The first-order valence-corrected chi connectivity index (χ1v) is 4.90. The second kappa shape index (κ2) is 4.39. The largest absolute Gasteiger partial charge is 0.223 e. The molecule has 0 spiro atoms. The van der Waals surface area contributed by atoms with Crippen LogP contribution >= 0.6 is 23.1 Å². The molecule has 0 N–H and O–H groups in total. The van der Waals surface area contributed by atoms with E-state index in [0.717, 1.165) is 17.3 Å². The molecule has 1 aromatic rings. The fourth-order valence-electron chi connectivity index (χ4n) is 0.708. The zero-order valence-corrected chi connectivity index (χ0v) is 8.19. The van der Waals surface area contributed by atoms with Crippen molar-refractivity contribution >= 4 is 23.1 Å². The average molecular weight is 202 g/mol. The van der Waals surface area contributed by atoms with Crippen LogP contribution in [0, 0.1) is 11.3 Å². The SMILES string of the molecule is CCc1nsc(C(C#N)CCl)n1. The van der Waals surface area contributed by atoms with E-state index in [0.29, 0.717) is 0 Å². The van der Waals surface area contributed by atoms with Gasteiger partial charge in [-0.25, -0.2) is 4.98 Å². The molecule has 0 saturated heterocycles. The molecule has 64 valence electrons. The summed E-state index contributed by atoms with van der Waals surface area (Å²) in [4.78, 5) is 4.17. The minimum Gasteiger partial charge on any atom is -0.223 e. The molecule has 0 saturated carbocycles. The molecule has 1 aromatic heterocycles. The molecule has 1 atom stereocenters. The normalized spacial score (nSPS) is 12.4. The first kappa shape index (κ1) is 9.43. The summed E-state index contributed by atoms with van der Waals surface area (Å²) in [6, 6.07) is 2.08. The summed E-state index contributed by atoms with van der Waals surface area (Å²) in [6.45, 7) is 1.98. The van der Waals surface area contributed by atoms with E-state index < -0.39 is 0 Å². The van der Waals surface area contributed by atoms with Gasteiger partial charge in [-0.2, -0.15) is 9.64 Å². The lowest BCUT2D eigenvalue weighted by Crippen LogP contribution is -1.96. The topological polar surface area (TPSA) is 49.6 Å². The smallest absolute Gasteiger partial charge is 0.142 e. The average Bonchev–Trinajstić information content (AvgIpc) is 2.55. The van der Waals surface area contributed by atoms with E-state index in [-0.39, 0.29) is 11.8 Å². The van der Waals surface area contributed by atoms with Gasteiger partial charge in [0.1, 0.15) is 16.7 Å². The van der Waals surface area contributed by atoms with Crippen molar-refractivity contribution in [3.8, 4) is 6.07 Å². The molecule has 0 aliphatic rings. The number of halogens is 1. The van der Waals surface area contributed by atoms with Crippen molar-refractivity contribution in [1.29, 1.82) is 5.26 Å². The van der Waals surface area contributed by atoms with E-state index >= 15 is 0 Å². The Bertz CT molecular complexity index is 291. The highest BCUT2D eigenvalue weighted by Gasteiger charge is 2.13. The van der Waals surface area contributed by atoms with Gasteiger partial charge in [0.05, 0.1) is 6.07 Å². The van der Waals surface area contributed by atoms with Crippen LogP contribution in [0.3, 0.4) is 0 Å². The van der Waals surface area contributed by atoms with Gasteiger partial charge in [0.15, 0.2) is 0 Å². The van der Waals surface area contributed by atoms with Crippen LogP contribution in [-0.2, 0) is 6.42 Å². The van der Waals surface area contributed by atoms with Crippen molar-refractivity contribution in [2.45, 2.75) is 19.3 Å². The van der Waals surface area contributed by atoms with Gasteiger partial charge in [0.25, 0.3) is 0 Å². The molecule has 0 radical (unpaired) electrons. The van der Waals surface area contributed by atoms with E-state index in [1.54, 1.807) is 0 Å². The maximum Gasteiger partial charge on any atom is 0.142 e. The van der Waals surface area contributed by atoms with Crippen LogP contribution in [0.25, 0.3) is 0 Å². The predicted molar refractivity (Wildman–Crippen MR) is 48.4 cm³/mol. The van der Waals surface area contributed by atoms with E-state index in [4.69, 9.17) is 16.9 Å². The van der Waals surface area contributed by atoms with Crippen molar-refractivity contribution in [2.24, 2.45) is 0 Å². The molecule has 1 heterocycles. The first-order chi connectivity index (χ1) is 5.81. The molecule has 0 fully saturated rings. The van der Waals surface area contributed by atoms with Crippen molar-refractivity contribution < 1.29 is 0 Å². The van der Waals surface area contributed by atoms with Gasteiger partial charge in [-0.1, -0.05) is 6.92 Å². The van der Waals surface area contributed by atoms with Crippen LogP contribution in [0.1, 0.15) is 23.7 Å². The van der Waals surface area contributed by atoms with Gasteiger partial charge in [0, 0.05) is 12.3 Å². The maximum absolute atomic E-state index is 8.67. The molecule has 0 aromatic carbocycles. The Morgan fingerprint density at radius 3 is 2.92 bits per heavy atom. The van der Waals surface area contributed by atoms with Gasteiger partial charge in [-0.3, -0.25) is 0 Å². The number of hydrogen-bond donors (Lipinski definition) is 0. The Kier molecular flexibility index (Phi) is 3.45. The number of alkyl halides is 1. The second-order valence-corrected chi connectivity index (χ2v) is 3.33. The molecule has 0 amide bonds. The van der Waals surface area contributed by atoms with E-state index in [9.17, 15) is 0 Å². The summed E-state index contributed by atoms with van der Waals surface area (Å²) in [7, 11) is 0. The highest BCUT2D eigenvalue weighted by molar-refractivity contribution is 7.05. The van der Waals surface area contributed by atoms with E-state index in [2.05, 4.69) is 15.4 Å². The fraction of sp³-hybridized carbons (Fsp3) is 0.571.